The van der Waals surface area contributed by atoms with Gasteiger partial charge in [0.25, 0.3) is 0 Å². The van der Waals surface area contributed by atoms with Gasteiger partial charge in [-0.3, -0.25) is 3.97 Å². The normalized spacial score (nSPS) is 11.3. The molecule has 10 heteroatoms. The smallest absolute Gasteiger partial charge is 0.197 e. The summed E-state index contributed by atoms with van der Waals surface area (Å²) in [5.41, 5.74) is 6.73. The predicted molar refractivity (Wildman–Crippen MR) is 93.9 cm³/mol. The second kappa shape index (κ2) is 6.16. The number of rotatable bonds is 3. The van der Waals surface area contributed by atoms with Crippen molar-refractivity contribution in [3.8, 4) is 11.4 Å². The van der Waals surface area contributed by atoms with Crippen LogP contribution >= 0.6 is 42.1 Å². The van der Waals surface area contributed by atoms with Gasteiger partial charge < -0.3 is 5.73 Å². The van der Waals surface area contributed by atoms with Crippen LogP contribution in [0, 0.1) is 11.6 Å². The molecular weight excluding hydrogens is 443 g/mol. The molecule has 0 saturated heterocycles. The molecule has 3 rings (SSSR count). The highest BCUT2D eigenvalue weighted by Gasteiger charge is 2.18. The van der Waals surface area contributed by atoms with E-state index in [9.17, 15) is 8.78 Å². The molecule has 0 radical (unpaired) electrons. The topological polar surface area (TPSA) is 69.6 Å². The minimum absolute atomic E-state index is 0.148. The number of nitrogens with zero attached hydrogens (tertiary/aromatic N) is 4. The number of anilines is 1. The Hall–Kier alpha value is -1.14. The fraction of sp³-hybridized carbons (Fsp3) is 0.0833. The summed E-state index contributed by atoms with van der Waals surface area (Å²) in [6.45, 7) is 0. The van der Waals surface area contributed by atoms with Gasteiger partial charge in [0.05, 0.1) is 6.20 Å². The van der Waals surface area contributed by atoms with Crippen molar-refractivity contribution in [1.82, 2.24) is 18.9 Å². The third-order valence-electron chi connectivity index (χ3n) is 2.93. The van der Waals surface area contributed by atoms with Gasteiger partial charge in [0.2, 0.25) is 0 Å². The quantitative estimate of drug-likeness (QED) is 0.370. The summed E-state index contributed by atoms with van der Waals surface area (Å²) in [6.07, 6.45) is 4.56. The minimum Gasteiger partial charge on any atom is -0.381 e. The molecule has 0 unspecified atom stereocenters. The Morgan fingerprint density at radius 2 is 2.09 bits per heavy atom. The Morgan fingerprint density at radius 1 is 1.32 bits per heavy atom. The summed E-state index contributed by atoms with van der Waals surface area (Å²) in [5.74, 6) is -1.11. The van der Waals surface area contributed by atoms with Crippen LogP contribution in [0.1, 0.15) is 0 Å². The lowest BCUT2D eigenvalue weighted by atomic mass is 10.2. The van der Waals surface area contributed by atoms with Crippen molar-refractivity contribution in [2.24, 2.45) is 0 Å². The molecule has 3 aromatic heterocycles. The Labute approximate surface area is 144 Å². The molecule has 22 heavy (non-hydrogen) atoms. The molecule has 0 aliphatic carbocycles. The van der Waals surface area contributed by atoms with Gasteiger partial charge in [0.15, 0.2) is 23.1 Å². The van der Waals surface area contributed by atoms with Crippen LogP contribution in [0.5, 0.6) is 0 Å². The van der Waals surface area contributed by atoms with Gasteiger partial charge in [0, 0.05) is 47.5 Å². The number of hydrogen-bond acceptors (Lipinski definition) is 6. The first-order valence-electron chi connectivity index (χ1n) is 5.88. The summed E-state index contributed by atoms with van der Waals surface area (Å²) in [7, 11) is 1.37. The molecule has 0 aromatic carbocycles. The van der Waals surface area contributed by atoms with Crippen molar-refractivity contribution in [2.45, 2.75) is 5.03 Å². The second-order valence-corrected chi connectivity index (χ2v) is 6.73. The predicted octanol–water partition coefficient (Wildman–Crippen LogP) is 3.92. The number of fused-ring (bicyclic) bond motifs is 1. The van der Waals surface area contributed by atoms with Crippen molar-refractivity contribution in [3.05, 3.63) is 30.1 Å². The molecule has 0 aliphatic heterocycles. The molecule has 0 spiro atoms. The zero-order chi connectivity index (χ0) is 15.9. The molecule has 114 valence electrons. The van der Waals surface area contributed by atoms with Crippen molar-refractivity contribution >= 4 is 58.9 Å². The third kappa shape index (κ3) is 2.63. The van der Waals surface area contributed by atoms with Gasteiger partial charge in [-0.1, -0.05) is 0 Å². The maximum Gasteiger partial charge on any atom is 0.197 e. The van der Waals surface area contributed by atoms with Crippen LogP contribution in [0.2, 0.25) is 0 Å². The zero-order valence-electron chi connectivity index (χ0n) is 11.0. The van der Waals surface area contributed by atoms with Gasteiger partial charge in [0.1, 0.15) is 10.8 Å². The van der Waals surface area contributed by atoms with Crippen molar-refractivity contribution in [2.75, 3.05) is 12.0 Å². The van der Waals surface area contributed by atoms with E-state index in [2.05, 4.69) is 36.2 Å². The van der Waals surface area contributed by atoms with E-state index >= 15 is 0 Å². The Kier molecular flexibility index (Phi) is 4.41. The van der Waals surface area contributed by atoms with Gasteiger partial charge in [-0.15, -0.1) is 11.8 Å². The molecule has 0 fully saturated rings. The number of aromatic nitrogens is 4. The van der Waals surface area contributed by atoms with Crippen molar-refractivity contribution < 1.29 is 8.78 Å². The van der Waals surface area contributed by atoms with Crippen molar-refractivity contribution in [3.63, 3.8) is 0 Å². The lowest BCUT2D eigenvalue weighted by Crippen LogP contribution is -2.02. The fourth-order valence-electron chi connectivity index (χ4n) is 1.98. The molecular formula is C12H8F2IN5S2. The Bertz CT molecular complexity index is 870. The van der Waals surface area contributed by atoms with Gasteiger partial charge >= 0.3 is 0 Å². The lowest BCUT2D eigenvalue weighted by molar-refractivity contribution is 0.587. The highest BCUT2D eigenvalue weighted by Crippen LogP contribution is 2.34. The van der Waals surface area contributed by atoms with E-state index in [4.69, 9.17) is 5.73 Å². The van der Waals surface area contributed by atoms with Crippen LogP contribution in [0.3, 0.4) is 0 Å². The maximum absolute atomic E-state index is 13.8. The van der Waals surface area contributed by atoms with Crippen LogP contribution in [-0.4, -0.2) is 25.2 Å². The Balaban J connectivity index is 2.30. The standard InChI is InChI=1S/C12H8F2IN5S2/c1-21-12-8(14)9(16)18-10(19-12)7-4-20(22-15)11-6(7)2-5(13)3-17-11/h2-4H,1H3,(H2,16,18,19). The van der Waals surface area contributed by atoms with Crippen LogP contribution in [-0.2, 0) is 0 Å². The average molecular weight is 451 g/mol. The number of nitrogen functional groups attached to an aromatic ring is 1. The van der Waals surface area contributed by atoms with E-state index in [0.717, 1.165) is 18.0 Å². The molecule has 0 bridgehead atoms. The molecule has 3 heterocycles. The van der Waals surface area contributed by atoms with E-state index in [1.54, 1.807) is 16.4 Å². The first kappa shape index (κ1) is 15.7. The highest BCUT2D eigenvalue weighted by molar-refractivity contribution is 14.2. The summed E-state index contributed by atoms with van der Waals surface area (Å²) in [5, 5.41) is 0.692. The number of thioether (sulfide) groups is 1. The average Bonchev–Trinajstić information content (AvgIpc) is 2.87. The number of halogens is 3. The highest BCUT2D eigenvalue weighted by atomic mass is 127. The van der Waals surface area contributed by atoms with E-state index in [-0.39, 0.29) is 16.7 Å². The maximum atomic E-state index is 13.8. The van der Waals surface area contributed by atoms with Crippen LogP contribution < -0.4 is 5.73 Å². The molecule has 0 atom stereocenters. The molecule has 0 saturated carbocycles. The summed E-state index contributed by atoms with van der Waals surface area (Å²) < 4.78 is 29.1. The van der Waals surface area contributed by atoms with E-state index in [0.29, 0.717) is 16.6 Å². The zero-order valence-corrected chi connectivity index (χ0v) is 14.8. The van der Waals surface area contributed by atoms with E-state index < -0.39 is 11.6 Å². The fourth-order valence-corrected chi connectivity index (χ4v) is 3.70. The van der Waals surface area contributed by atoms with Gasteiger partial charge in [-0.25, -0.2) is 19.3 Å². The number of pyridine rings is 1. The minimum atomic E-state index is -0.646. The first-order valence-corrected chi connectivity index (χ1v) is 10.4. The molecule has 0 amide bonds. The molecule has 0 aliphatic rings. The van der Waals surface area contributed by atoms with E-state index in [1.165, 1.54) is 15.2 Å². The third-order valence-corrected chi connectivity index (χ3v) is 5.29. The SMILES string of the molecule is CSc1nc(-c2cn(SI)c3ncc(F)cc23)nc(N)c1F. The van der Waals surface area contributed by atoms with Gasteiger partial charge in [-0.2, -0.15) is 4.39 Å². The van der Waals surface area contributed by atoms with Gasteiger partial charge in [-0.05, 0) is 12.3 Å². The van der Waals surface area contributed by atoms with Crippen molar-refractivity contribution in [1.29, 1.82) is 0 Å². The number of hydrogen-bond donors (Lipinski definition) is 1. The first-order chi connectivity index (χ1) is 10.5. The van der Waals surface area contributed by atoms with Crippen LogP contribution in [0.25, 0.3) is 22.4 Å². The van der Waals surface area contributed by atoms with E-state index in [1.807, 2.05) is 0 Å². The molecule has 3 aromatic rings. The molecule has 5 nitrogen and oxygen atoms in total. The summed E-state index contributed by atoms with van der Waals surface area (Å²) in [4.78, 5) is 12.2. The number of nitrogens with two attached hydrogens (primary N) is 1. The van der Waals surface area contributed by atoms with Crippen LogP contribution in [0.4, 0.5) is 14.6 Å². The summed E-state index contributed by atoms with van der Waals surface area (Å²) >= 11 is 3.22. The summed E-state index contributed by atoms with van der Waals surface area (Å²) in [6, 6.07) is 1.35. The monoisotopic (exact) mass is 451 g/mol. The van der Waals surface area contributed by atoms with Crippen LogP contribution in [0.15, 0.2) is 23.5 Å². The Morgan fingerprint density at radius 3 is 2.77 bits per heavy atom. The second-order valence-electron chi connectivity index (χ2n) is 4.22. The molecule has 2 N–H and O–H groups in total. The lowest BCUT2D eigenvalue weighted by Gasteiger charge is -2.05. The largest absolute Gasteiger partial charge is 0.381 e.